The number of aromatic nitrogens is 3. The smallest absolute Gasteiger partial charge is 0.243 e. The Balaban J connectivity index is 1.71. The summed E-state index contributed by atoms with van der Waals surface area (Å²) in [7, 11) is 0. The third kappa shape index (κ3) is 3.74. The SMILES string of the molecule is CC(C(=O)NC(C)(c1ccccc1)c1ccccc1)n1c(-c2cccs2)n[nH]c1=S. The lowest BCUT2D eigenvalue weighted by Crippen LogP contribution is -2.47. The highest BCUT2D eigenvalue weighted by molar-refractivity contribution is 7.71. The molecule has 5 nitrogen and oxygen atoms in total. The summed E-state index contributed by atoms with van der Waals surface area (Å²) in [5.41, 5.74) is 1.32. The minimum absolute atomic E-state index is 0.138. The summed E-state index contributed by atoms with van der Waals surface area (Å²) in [5, 5.41) is 12.4. The van der Waals surface area contributed by atoms with Gasteiger partial charge in [-0.3, -0.25) is 14.5 Å². The molecule has 4 aromatic rings. The fourth-order valence-electron chi connectivity index (χ4n) is 3.57. The molecule has 4 rings (SSSR count). The molecule has 7 heteroatoms. The normalized spacial score (nSPS) is 12.5. The van der Waals surface area contributed by atoms with E-state index in [1.807, 2.05) is 92.0 Å². The molecule has 0 saturated heterocycles. The Bertz CT molecular complexity index is 1140. The van der Waals surface area contributed by atoms with Gasteiger partial charge in [-0.25, -0.2) is 0 Å². The number of hydrogen-bond donors (Lipinski definition) is 2. The summed E-state index contributed by atoms with van der Waals surface area (Å²) in [5.74, 6) is 0.527. The summed E-state index contributed by atoms with van der Waals surface area (Å²) >= 11 is 7.00. The molecule has 2 aromatic heterocycles. The third-order valence-electron chi connectivity index (χ3n) is 5.29. The van der Waals surface area contributed by atoms with E-state index >= 15 is 0 Å². The molecular weight excluding hydrogens is 412 g/mol. The number of hydrogen-bond acceptors (Lipinski definition) is 4. The molecule has 2 heterocycles. The molecule has 1 atom stereocenters. The number of aromatic amines is 1. The number of nitrogens with zero attached hydrogens (tertiary/aromatic N) is 2. The van der Waals surface area contributed by atoms with Crippen molar-refractivity contribution in [1.82, 2.24) is 20.1 Å². The predicted octanol–water partition coefficient (Wildman–Crippen LogP) is 5.31. The molecule has 2 N–H and O–H groups in total. The first-order valence-corrected chi connectivity index (χ1v) is 10.9. The van der Waals surface area contributed by atoms with Gasteiger partial charge in [0.25, 0.3) is 0 Å². The van der Waals surface area contributed by atoms with Crippen molar-refractivity contribution in [1.29, 1.82) is 0 Å². The minimum atomic E-state index is -0.692. The second-order valence-electron chi connectivity index (χ2n) is 7.22. The van der Waals surface area contributed by atoms with Crippen LogP contribution < -0.4 is 5.32 Å². The van der Waals surface area contributed by atoms with E-state index in [0.717, 1.165) is 16.0 Å². The highest BCUT2D eigenvalue weighted by Gasteiger charge is 2.33. The van der Waals surface area contributed by atoms with Gasteiger partial charge in [-0.15, -0.1) is 11.3 Å². The lowest BCUT2D eigenvalue weighted by molar-refractivity contribution is -0.125. The maximum atomic E-state index is 13.5. The second kappa shape index (κ2) is 8.38. The maximum Gasteiger partial charge on any atom is 0.243 e. The molecule has 0 aliphatic heterocycles. The number of thiophene rings is 1. The van der Waals surface area contributed by atoms with Crippen LogP contribution in [0.15, 0.2) is 78.2 Å². The van der Waals surface area contributed by atoms with E-state index in [2.05, 4.69) is 15.5 Å². The van der Waals surface area contributed by atoms with Gasteiger partial charge in [0.05, 0.1) is 10.4 Å². The summed E-state index contributed by atoms with van der Waals surface area (Å²) in [4.78, 5) is 14.4. The minimum Gasteiger partial charge on any atom is -0.341 e. The zero-order valence-corrected chi connectivity index (χ0v) is 18.3. The van der Waals surface area contributed by atoms with E-state index in [1.165, 1.54) is 0 Å². The molecule has 1 unspecified atom stereocenters. The van der Waals surface area contributed by atoms with Crippen molar-refractivity contribution in [2.75, 3.05) is 0 Å². The average molecular weight is 435 g/mol. The first kappa shape index (κ1) is 20.3. The first-order valence-electron chi connectivity index (χ1n) is 9.64. The summed E-state index contributed by atoms with van der Waals surface area (Å²) in [6, 6.07) is 23.3. The van der Waals surface area contributed by atoms with Gasteiger partial charge in [-0.2, -0.15) is 5.10 Å². The molecule has 0 spiro atoms. The van der Waals surface area contributed by atoms with Gasteiger partial charge in [-0.05, 0) is 48.6 Å². The van der Waals surface area contributed by atoms with Gasteiger partial charge in [0.2, 0.25) is 5.91 Å². The molecule has 152 valence electrons. The number of H-pyrrole nitrogens is 1. The number of amides is 1. The fourth-order valence-corrected chi connectivity index (χ4v) is 4.57. The molecule has 30 heavy (non-hydrogen) atoms. The lowest BCUT2D eigenvalue weighted by Gasteiger charge is -2.33. The molecule has 0 saturated carbocycles. The number of carbonyl (C=O) groups is 1. The highest BCUT2D eigenvalue weighted by Crippen LogP contribution is 2.31. The maximum absolute atomic E-state index is 13.5. The van der Waals surface area contributed by atoms with Crippen LogP contribution in [0.2, 0.25) is 0 Å². The van der Waals surface area contributed by atoms with Crippen LogP contribution in [-0.2, 0) is 10.3 Å². The van der Waals surface area contributed by atoms with E-state index < -0.39 is 11.6 Å². The molecule has 0 aliphatic carbocycles. The number of rotatable bonds is 6. The third-order valence-corrected chi connectivity index (χ3v) is 6.44. The molecule has 2 aromatic carbocycles. The van der Waals surface area contributed by atoms with Crippen molar-refractivity contribution in [2.45, 2.75) is 25.4 Å². The second-order valence-corrected chi connectivity index (χ2v) is 8.56. The Morgan fingerprint density at radius 2 is 1.67 bits per heavy atom. The van der Waals surface area contributed by atoms with Crippen LogP contribution in [0.3, 0.4) is 0 Å². The average Bonchev–Trinajstić information content (AvgIpc) is 3.44. The van der Waals surface area contributed by atoms with Gasteiger partial charge in [0, 0.05) is 0 Å². The van der Waals surface area contributed by atoms with Crippen LogP contribution in [-0.4, -0.2) is 20.7 Å². The number of nitrogens with one attached hydrogen (secondary N) is 2. The van der Waals surface area contributed by atoms with Gasteiger partial charge < -0.3 is 5.32 Å². The van der Waals surface area contributed by atoms with E-state index in [0.29, 0.717) is 10.6 Å². The van der Waals surface area contributed by atoms with Crippen molar-refractivity contribution in [3.63, 3.8) is 0 Å². The Labute approximate surface area is 184 Å². The highest BCUT2D eigenvalue weighted by atomic mass is 32.1. The van der Waals surface area contributed by atoms with E-state index in [1.54, 1.807) is 15.9 Å². The molecule has 0 aliphatic rings. The molecular formula is C23H22N4OS2. The zero-order chi connectivity index (χ0) is 21.1. The van der Waals surface area contributed by atoms with Gasteiger partial charge in [-0.1, -0.05) is 66.7 Å². The zero-order valence-electron chi connectivity index (χ0n) is 16.7. The topological polar surface area (TPSA) is 62.7 Å². The Hall–Kier alpha value is -3.03. The summed E-state index contributed by atoms with van der Waals surface area (Å²) < 4.78 is 2.19. The predicted molar refractivity (Wildman–Crippen MR) is 123 cm³/mol. The standard InChI is InChI=1S/C23H22N4OS2/c1-16(27-20(25-26-22(27)29)19-14-9-15-30-19)21(28)24-23(2,17-10-5-3-6-11-17)18-12-7-4-8-13-18/h3-16H,1-2H3,(H,24,28)(H,26,29). The van der Waals surface area contributed by atoms with Crippen molar-refractivity contribution in [3.05, 3.63) is 94.1 Å². The lowest BCUT2D eigenvalue weighted by atomic mass is 9.84. The fraction of sp³-hybridized carbons (Fsp3) is 0.174. The molecule has 0 radical (unpaired) electrons. The Morgan fingerprint density at radius 3 is 2.20 bits per heavy atom. The molecule has 0 fully saturated rings. The van der Waals surface area contributed by atoms with Crippen molar-refractivity contribution < 1.29 is 4.79 Å². The van der Waals surface area contributed by atoms with Crippen molar-refractivity contribution in [3.8, 4) is 10.7 Å². The van der Waals surface area contributed by atoms with Crippen LogP contribution in [0.4, 0.5) is 0 Å². The van der Waals surface area contributed by atoms with Gasteiger partial charge in [0.1, 0.15) is 6.04 Å². The van der Waals surface area contributed by atoms with Crippen LogP contribution in [0, 0.1) is 4.77 Å². The van der Waals surface area contributed by atoms with Crippen LogP contribution >= 0.6 is 23.6 Å². The number of carbonyl (C=O) groups excluding carboxylic acids is 1. The molecule has 1 amide bonds. The monoisotopic (exact) mass is 434 g/mol. The van der Waals surface area contributed by atoms with Gasteiger partial charge >= 0.3 is 0 Å². The van der Waals surface area contributed by atoms with Crippen LogP contribution in [0.1, 0.15) is 31.0 Å². The number of benzene rings is 2. The van der Waals surface area contributed by atoms with E-state index in [9.17, 15) is 4.79 Å². The van der Waals surface area contributed by atoms with Crippen LogP contribution in [0.5, 0.6) is 0 Å². The summed E-state index contributed by atoms with van der Waals surface area (Å²) in [6.07, 6.45) is 0. The van der Waals surface area contributed by atoms with E-state index in [-0.39, 0.29) is 5.91 Å². The summed E-state index contributed by atoms with van der Waals surface area (Å²) in [6.45, 7) is 3.87. The van der Waals surface area contributed by atoms with Gasteiger partial charge in [0.15, 0.2) is 10.6 Å². The first-order chi connectivity index (χ1) is 14.5. The van der Waals surface area contributed by atoms with Crippen LogP contribution in [0.25, 0.3) is 10.7 Å². The Morgan fingerprint density at radius 1 is 1.07 bits per heavy atom. The quantitative estimate of drug-likeness (QED) is 0.404. The molecule has 0 bridgehead atoms. The largest absolute Gasteiger partial charge is 0.341 e. The van der Waals surface area contributed by atoms with Crippen molar-refractivity contribution >= 4 is 29.5 Å². The van der Waals surface area contributed by atoms with E-state index in [4.69, 9.17) is 12.2 Å². The van der Waals surface area contributed by atoms with Crippen molar-refractivity contribution in [2.24, 2.45) is 0 Å². The Kier molecular flexibility index (Phi) is 5.65.